The Balaban J connectivity index is 0.00000625. The molecular weight excluding hydrogens is 1010 g/mol. The molecule has 0 spiro atoms. The third-order valence-electron chi connectivity index (χ3n) is 13.3. The molecule has 3 heterocycles. The molecule has 6 heteroatoms. The van der Waals surface area contributed by atoms with Gasteiger partial charge in [-0.05, 0) is 96.9 Å². The minimum atomic E-state index is -0.239. The molecule has 0 unspecified atom stereocenters. The van der Waals surface area contributed by atoms with E-state index in [1.165, 1.54) is 27.8 Å². The molecule has 0 bridgehead atoms. The molecule has 350 valence electrons. The van der Waals surface area contributed by atoms with Gasteiger partial charge < -0.3 is 13.9 Å². The number of benzene rings is 6. The van der Waals surface area contributed by atoms with Crippen molar-refractivity contribution < 1.29 is 30.4 Å². The molecule has 3 aromatic heterocycles. The number of fused-ring (bicyclic) bond motifs is 3. The molecule has 6 aromatic carbocycles. The molecule has 0 saturated carbocycles. The monoisotopic (exact) mass is 1080 g/mol. The Kier molecular flexibility index (Phi) is 12.9. The standard InChI is InChI=1S/C62H64N4O.Pt/c1-41(2)51-23-17-18-24-52(51)42-31-48(65-40-64(39-57(65)61(9,10)11)47-34-45(59(3,4)5)33-46(35-47)60(6,7)8)37-50(32-42)67-49-27-28-54-53-25-19-20-26-55(53)66(56(54)38-49)58-36-44(29-30-63-58)62(12,13)43-21-15-14-16-22-43;/h14-36,39,41H,1-13H3;/q-2;. The van der Waals surface area contributed by atoms with Crippen molar-refractivity contribution in [1.82, 2.24) is 14.1 Å². The van der Waals surface area contributed by atoms with E-state index in [-0.39, 0.29) is 42.7 Å². The van der Waals surface area contributed by atoms with Gasteiger partial charge in [-0.15, -0.1) is 35.2 Å². The molecule has 5 nitrogen and oxygen atoms in total. The molecule has 0 aliphatic rings. The van der Waals surface area contributed by atoms with Crippen LogP contribution >= 0.6 is 0 Å². The Hall–Kier alpha value is -6.03. The van der Waals surface area contributed by atoms with E-state index in [0.29, 0.717) is 17.4 Å². The minimum absolute atomic E-state index is 0. The average Bonchev–Trinajstić information content (AvgIpc) is 3.90. The summed E-state index contributed by atoms with van der Waals surface area (Å²) in [5.74, 6) is 2.32. The Labute approximate surface area is 419 Å². The number of hydrogen-bond acceptors (Lipinski definition) is 2. The molecule has 68 heavy (non-hydrogen) atoms. The van der Waals surface area contributed by atoms with E-state index in [0.717, 1.165) is 55.8 Å². The van der Waals surface area contributed by atoms with E-state index in [2.05, 4.69) is 256 Å². The summed E-state index contributed by atoms with van der Waals surface area (Å²) in [7, 11) is 0. The molecule has 9 aromatic rings. The van der Waals surface area contributed by atoms with Crippen molar-refractivity contribution in [3.05, 3.63) is 198 Å². The number of para-hydroxylation sites is 1. The average molecular weight is 1080 g/mol. The van der Waals surface area contributed by atoms with Crippen LogP contribution in [0.25, 0.3) is 50.1 Å². The van der Waals surface area contributed by atoms with E-state index in [1.54, 1.807) is 0 Å². The van der Waals surface area contributed by atoms with Gasteiger partial charge in [0.05, 0.1) is 11.4 Å². The number of imidazole rings is 1. The first-order valence-corrected chi connectivity index (χ1v) is 23.7. The summed E-state index contributed by atoms with van der Waals surface area (Å²) >= 11 is 0. The smallest absolute Gasteiger partial charge is 0.267 e. The number of rotatable bonds is 9. The Morgan fingerprint density at radius 1 is 0.588 bits per heavy atom. The Morgan fingerprint density at radius 2 is 1.25 bits per heavy atom. The van der Waals surface area contributed by atoms with Crippen molar-refractivity contribution in [2.24, 2.45) is 0 Å². The van der Waals surface area contributed by atoms with Crippen molar-refractivity contribution in [3.63, 3.8) is 0 Å². The van der Waals surface area contributed by atoms with Crippen LogP contribution in [0, 0.1) is 18.5 Å². The first-order chi connectivity index (χ1) is 31.7. The van der Waals surface area contributed by atoms with Gasteiger partial charge in [0.1, 0.15) is 5.82 Å². The van der Waals surface area contributed by atoms with Crippen LogP contribution in [0.2, 0.25) is 0 Å². The van der Waals surface area contributed by atoms with Crippen molar-refractivity contribution in [3.8, 4) is 39.8 Å². The molecular formula is C62H64N4OPt-2. The summed E-state index contributed by atoms with van der Waals surface area (Å²) < 4.78 is 13.5. The van der Waals surface area contributed by atoms with E-state index in [1.807, 2.05) is 12.3 Å². The number of nitrogens with zero attached hydrogens (tertiary/aromatic N) is 4. The number of hydrogen-bond donors (Lipinski definition) is 0. The zero-order valence-electron chi connectivity index (χ0n) is 41.9. The van der Waals surface area contributed by atoms with Crippen LogP contribution in [0.15, 0.2) is 146 Å². The summed E-state index contributed by atoms with van der Waals surface area (Å²) in [4.78, 5) is 4.99. The summed E-state index contributed by atoms with van der Waals surface area (Å²) in [6.07, 6.45) is 7.96. The van der Waals surface area contributed by atoms with Crippen LogP contribution in [0.3, 0.4) is 0 Å². The largest absolute Gasteiger partial charge is 0.510 e. The van der Waals surface area contributed by atoms with E-state index < -0.39 is 0 Å². The maximum Gasteiger partial charge on any atom is 0.267 e. The van der Waals surface area contributed by atoms with E-state index in [4.69, 9.17) is 9.72 Å². The van der Waals surface area contributed by atoms with Gasteiger partial charge >= 0.3 is 0 Å². The predicted octanol–water partition coefficient (Wildman–Crippen LogP) is 15.4. The second kappa shape index (κ2) is 18.1. The molecule has 9 rings (SSSR count). The van der Waals surface area contributed by atoms with Gasteiger partial charge in [-0.2, -0.15) is 12.1 Å². The van der Waals surface area contributed by atoms with Gasteiger partial charge in [-0.1, -0.05) is 174 Å². The van der Waals surface area contributed by atoms with Crippen LogP contribution < -0.4 is 9.30 Å². The van der Waals surface area contributed by atoms with Gasteiger partial charge in [-0.25, -0.2) is 4.98 Å². The second-order valence-corrected chi connectivity index (χ2v) is 22.1. The van der Waals surface area contributed by atoms with E-state index >= 15 is 0 Å². The Morgan fingerprint density at radius 3 is 1.93 bits per heavy atom. The van der Waals surface area contributed by atoms with Crippen molar-refractivity contribution >= 4 is 21.8 Å². The van der Waals surface area contributed by atoms with Crippen molar-refractivity contribution in [1.29, 1.82) is 0 Å². The summed E-state index contributed by atoms with van der Waals surface area (Å²) in [5, 5.41) is 2.21. The van der Waals surface area contributed by atoms with Crippen LogP contribution in [-0.4, -0.2) is 14.1 Å². The van der Waals surface area contributed by atoms with Gasteiger partial charge in [-0.3, -0.25) is 4.57 Å². The van der Waals surface area contributed by atoms with Crippen LogP contribution in [-0.2, 0) is 42.7 Å². The number of ether oxygens (including phenoxy) is 1. The molecule has 0 N–H and O–H groups in total. The first kappa shape index (κ1) is 48.4. The fourth-order valence-corrected chi connectivity index (χ4v) is 9.20. The van der Waals surface area contributed by atoms with Gasteiger partial charge in [0.15, 0.2) is 0 Å². The summed E-state index contributed by atoms with van der Waals surface area (Å²) in [5.41, 5.74) is 12.9. The molecule has 0 saturated heterocycles. The van der Waals surface area contributed by atoms with Gasteiger partial charge in [0.2, 0.25) is 0 Å². The molecule has 0 fully saturated rings. The van der Waals surface area contributed by atoms with Crippen molar-refractivity contribution in [2.75, 3.05) is 0 Å². The zero-order chi connectivity index (χ0) is 47.6. The summed E-state index contributed by atoms with van der Waals surface area (Å²) in [6, 6.07) is 55.2. The first-order valence-electron chi connectivity index (χ1n) is 23.7. The fourth-order valence-electron chi connectivity index (χ4n) is 9.20. The third kappa shape index (κ3) is 9.40. The van der Waals surface area contributed by atoms with Crippen LogP contribution in [0.5, 0.6) is 11.5 Å². The van der Waals surface area contributed by atoms with Gasteiger partial charge in [0.25, 0.3) is 6.33 Å². The maximum absolute atomic E-state index is 6.98. The minimum Gasteiger partial charge on any atom is -0.510 e. The summed E-state index contributed by atoms with van der Waals surface area (Å²) in [6.45, 7) is 29.5. The Bertz CT molecular complexity index is 3240. The molecule has 0 atom stereocenters. The normalized spacial score (nSPS) is 12.5. The maximum atomic E-state index is 6.98. The molecule has 0 amide bonds. The van der Waals surface area contributed by atoms with Crippen molar-refractivity contribution in [2.45, 2.75) is 118 Å². The fraction of sp³-hybridized carbons (Fsp3) is 0.290. The third-order valence-corrected chi connectivity index (χ3v) is 13.3. The SMILES string of the molecule is CC(C)c1ccccc1-c1cc(Oc2[c-]c3c(cc2)c2ccccc2n3-c2cc(C(C)(C)c3ccccc3)ccn2)[c-]c(-n2[c-][n+](-c3cc(C(C)(C)C)cc(C(C)(C)C)c3)cc2C(C)(C)C)c1.[Pt]. The second-order valence-electron chi connectivity index (χ2n) is 22.1. The number of aromatic nitrogens is 4. The van der Waals surface area contributed by atoms with Crippen LogP contribution in [0.4, 0.5) is 0 Å². The molecule has 0 aliphatic heterocycles. The topological polar surface area (TPSA) is 35.9 Å². The molecule has 0 radical (unpaired) electrons. The quantitative estimate of drug-likeness (QED) is 0.107. The van der Waals surface area contributed by atoms with E-state index in [9.17, 15) is 0 Å². The van der Waals surface area contributed by atoms with Gasteiger partial charge in [0, 0.05) is 55.9 Å². The molecule has 0 aliphatic carbocycles. The number of pyridine rings is 1. The zero-order valence-corrected chi connectivity index (χ0v) is 44.2. The predicted molar refractivity (Wildman–Crippen MR) is 277 cm³/mol. The van der Waals surface area contributed by atoms with Crippen LogP contribution in [0.1, 0.15) is 129 Å².